The number of benzene rings is 1. The van der Waals surface area contributed by atoms with Gasteiger partial charge >= 0.3 is 5.97 Å². The zero-order valence-electron chi connectivity index (χ0n) is 7.53. The maximum absolute atomic E-state index is 10.9. The lowest BCUT2D eigenvalue weighted by molar-refractivity contribution is -0.142. The van der Waals surface area contributed by atoms with Crippen LogP contribution in [0, 0.1) is 5.92 Å². The summed E-state index contributed by atoms with van der Waals surface area (Å²) in [5.41, 5.74) is 2.40. The molecule has 0 radical (unpaired) electrons. The molecule has 68 valence electrons. The molecule has 2 heteroatoms. The van der Waals surface area contributed by atoms with Gasteiger partial charge in [-0.1, -0.05) is 31.2 Å². The van der Waals surface area contributed by atoms with E-state index in [2.05, 4.69) is 0 Å². The van der Waals surface area contributed by atoms with E-state index in [4.69, 9.17) is 5.11 Å². The predicted octanol–water partition coefficient (Wildman–Crippen LogP) is 2.05. The Morgan fingerprint density at radius 3 is 2.77 bits per heavy atom. The number of carboxylic acid groups (broad SMARTS) is 1. The van der Waals surface area contributed by atoms with Gasteiger partial charge in [-0.2, -0.15) is 0 Å². The Kier molecular flexibility index (Phi) is 1.83. The fourth-order valence-corrected chi connectivity index (χ4v) is 2.10. The first-order chi connectivity index (χ1) is 6.20. The third kappa shape index (κ3) is 1.22. The maximum Gasteiger partial charge on any atom is 0.307 e. The Morgan fingerprint density at radius 2 is 2.15 bits per heavy atom. The minimum Gasteiger partial charge on any atom is -0.481 e. The first-order valence-corrected chi connectivity index (χ1v) is 4.50. The van der Waals surface area contributed by atoms with Gasteiger partial charge in [0.15, 0.2) is 0 Å². The van der Waals surface area contributed by atoms with Crippen molar-refractivity contribution in [1.29, 1.82) is 0 Å². The molecule has 0 fully saturated rings. The highest BCUT2D eigenvalue weighted by atomic mass is 16.4. The summed E-state index contributed by atoms with van der Waals surface area (Å²) < 4.78 is 0. The Hall–Kier alpha value is -1.31. The average molecular weight is 176 g/mol. The van der Waals surface area contributed by atoms with Crippen LogP contribution in [0.25, 0.3) is 0 Å². The average Bonchev–Trinajstić information content (AvgIpc) is 2.45. The van der Waals surface area contributed by atoms with Crippen molar-refractivity contribution in [1.82, 2.24) is 0 Å². The van der Waals surface area contributed by atoms with E-state index in [1.54, 1.807) is 0 Å². The molecule has 1 N–H and O–H groups in total. The van der Waals surface area contributed by atoms with Crippen LogP contribution in [0.1, 0.15) is 24.0 Å². The van der Waals surface area contributed by atoms with Crippen LogP contribution in [0.15, 0.2) is 24.3 Å². The maximum atomic E-state index is 10.9. The first-order valence-electron chi connectivity index (χ1n) is 4.50. The van der Waals surface area contributed by atoms with Crippen molar-refractivity contribution in [3.05, 3.63) is 35.4 Å². The first kappa shape index (κ1) is 8.30. The Labute approximate surface area is 77.2 Å². The lowest BCUT2D eigenvalue weighted by atomic mass is 9.95. The number of rotatable bonds is 1. The largest absolute Gasteiger partial charge is 0.481 e. The zero-order chi connectivity index (χ0) is 9.42. The van der Waals surface area contributed by atoms with Gasteiger partial charge in [0.05, 0.1) is 5.92 Å². The molecular weight excluding hydrogens is 164 g/mol. The second kappa shape index (κ2) is 2.87. The van der Waals surface area contributed by atoms with E-state index in [0.717, 1.165) is 0 Å². The topological polar surface area (TPSA) is 37.3 Å². The van der Waals surface area contributed by atoms with E-state index < -0.39 is 5.97 Å². The zero-order valence-corrected chi connectivity index (χ0v) is 7.53. The van der Waals surface area contributed by atoms with Crippen molar-refractivity contribution >= 4 is 5.97 Å². The van der Waals surface area contributed by atoms with Crippen molar-refractivity contribution in [2.75, 3.05) is 0 Å². The molecule has 0 amide bonds. The van der Waals surface area contributed by atoms with Crippen LogP contribution in [0.4, 0.5) is 0 Å². The summed E-state index contributed by atoms with van der Waals surface area (Å²) in [6.07, 6.45) is 0.687. The van der Waals surface area contributed by atoms with Crippen LogP contribution in [0.3, 0.4) is 0 Å². The number of hydrogen-bond donors (Lipinski definition) is 1. The number of hydrogen-bond acceptors (Lipinski definition) is 1. The number of aliphatic carboxylic acids is 1. The van der Waals surface area contributed by atoms with Gasteiger partial charge in [-0.25, -0.2) is 0 Å². The summed E-state index contributed by atoms with van der Waals surface area (Å²) in [5.74, 6) is -0.741. The molecule has 1 aromatic rings. The lowest BCUT2D eigenvalue weighted by Gasteiger charge is -2.09. The monoisotopic (exact) mass is 176 g/mol. The van der Waals surface area contributed by atoms with Crippen LogP contribution < -0.4 is 0 Å². The third-order valence-corrected chi connectivity index (χ3v) is 2.91. The molecule has 1 aromatic carbocycles. The summed E-state index contributed by atoms with van der Waals surface area (Å²) in [5, 5.41) is 8.96. The van der Waals surface area contributed by atoms with Crippen LogP contribution in [0.2, 0.25) is 0 Å². The lowest BCUT2D eigenvalue weighted by Crippen LogP contribution is -2.16. The highest BCUT2D eigenvalue weighted by Crippen LogP contribution is 2.37. The molecule has 0 spiro atoms. The molecule has 0 aliphatic heterocycles. The van der Waals surface area contributed by atoms with E-state index in [9.17, 15) is 4.79 Å². The molecule has 0 bridgehead atoms. The minimum absolute atomic E-state index is 0.161. The van der Waals surface area contributed by atoms with Crippen molar-refractivity contribution in [3.63, 3.8) is 0 Å². The molecule has 1 aliphatic carbocycles. The summed E-state index contributed by atoms with van der Waals surface area (Å²) in [6.45, 7) is 1.99. The normalized spacial score (nSPS) is 25.6. The smallest absolute Gasteiger partial charge is 0.307 e. The van der Waals surface area contributed by atoms with Crippen LogP contribution in [-0.2, 0) is 11.2 Å². The standard InChI is InChI=1S/C11H12O2/c1-7-9-5-3-2-4-8(9)6-10(7)11(12)13/h2-5,7,10H,6H2,1H3,(H,12,13)/t7-,10+/m1/s1. The van der Waals surface area contributed by atoms with Gasteiger partial charge < -0.3 is 5.11 Å². The van der Waals surface area contributed by atoms with Gasteiger partial charge in [0.1, 0.15) is 0 Å². The summed E-state index contributed by atoms with van der Waals surface area (Å²) in [6, 6.07) is 7.99. The Morgan fingerprint density at radius 1 is 1.46 bits per heavy atom. The number of fused-ring (bicyclic) bond motifs is 1. The molecule has 13 heavy (non-hydrogen) atoms. The van der Waals surface area contributed by atoms with Crippen LogP contribution in [-0.4, -0.2) is 11.1 Å². The Bertz CT molecular complexity index is 344. The van der Waals surface area contributed by atoms with Gasteiger partial charge in [0, 0.05) is 0 Å². The summed E-state index contributed by atoms with van der Waals surface area (Å²) in [4.78, 5) is 10.9. The highest BCUT2D eigenvalue weighted by Gasteiger charge is 2.33. The van der Waals surface area contributed by atoms with E-state index >= 15 is 0 Å². The van der Waals surface area contributed by atoms with E-state index in [0.29, 0.717) is 6.42 Å². The van der Waals surface area contributed by atoms with Gasteiger partial charge in [0.25, 0.3) is 0 Å². The molecule has 0 aromatic heterocycles. The van der Waals surface area contributed by atoms with E-state index in [-0.39, 0.29) is 11.8 Å². The SMILES string of the molecule is C[C@@H]1c2ccccc2C[C@@H]1C(=O)O. The third-order valence-electron chi connectivity index (χ3n) is 2.91. The molecule has 0 unspecified atom stereocenters. The fourth-order valence-electron chi connectivity index (χ4n) is 2.10. The minimum atomic E-state index is -0.677. The predicted molar refractivity (Wildman–Crippen MR) is 49.7 cm³/mol. The van der Waals surface area contributed by atoms with Crippen molar-refractivity contribution in [2.45, 2.75) is 19.3 Å². The number of carboxylic acids is 1. The van der Waals surface area contributed by atoms with Gasteiger partial charge in [0.2, 0.25) is 0 Å². The molecule has 0 heterocycles. The van der Waals surface area contributed by atoms with Gasteiger partial charge in [-0.05, 0) is 23.5 Å². The van der Waals surface area contributed by atoms with Crippen LogP contribution >= 0.6 is 0 Å². The van der Waals surface area contributed by atoms with Gasteiger partial charge in [-0.3, -0.25) is 4.79 Å². The van der Waals surface area contributed by atoms with Gasteiger partial charge in [-0.15, -0.1) is 0 Å². The molecule has 0 saturated heterocycles. The number of carbonyl (C=O) groups is 1. The van der Waals surface area contributed by atoms with E-state index in [1.807, 2.05) is 31.2 Å². The summed E-state index contributed by atoms with van der Waals surface area (Å²) >= 11 is 0. The molecule has 0 saturated carbocycles. The van der Waals surface area contributed by atoms with Crippen molar-refractivity contribution in [3.8, 4) is 0 Å². The molecular formula is C11H12O2. The molecule has 2 atom stereocenters. The van der Waals surface area contributed by atoms with E-state index in [1.165, 1.54) is 11.1 Å². The fraction of sp³-hybridized carbons (Fsp3) is 0.364. The summed E-state index contributed by atoms with van der Waals surface area (Å²) in [7, 11) is 0. The highest BCUT2D eigenvalue weighted by molar-refractivity contribution is 5.73. The second-order valence-electron chi connectivity index (χ2n) is 3.64. The quantitative estimate of drug-likeness (QED) is 0.711. The van der Waals surface area contributed by atoms with Crippen LogP contribution in [0.5, 0.6) is 0 Å². The molecule has 2 rings (SSSR count). The molecule has 1 aliphatic rings. The second-order valence-corrected chi connectivity index (χ2v) is 3.64. The Balaban J connectivity index is 2.38. The van der Waals surface area contributed by atoms with Crippen molar-refractivity contribution < 1.29 is 9.90 Å². The van der Waals surface area contributed by atoms with Crippen molar-refractivity contribution in [2.24, 2.45) is 5.92 Å². The molecule has 2 nitrogen and oxygen atoms in total.